The van der Waals surface area contributed by atoms with Crippen LogP contribution in [0.25, 0.3) is 0 Å². The monoisotopic (exact) mass is 479 g/mol. The van der Waals surface area contributed by atoms with Gasteiger partial charge in [0, 0.05) is 20.1 Å². The van der Waals surface area contributed by atoms with Crippen molar-refractivity contribution in [2.45, 2.75) is 0 Å². The molecule has 4 rings (SSSR count). The van der Waals surface area contributed by atoms with Gasteiger partial charge in [0.05, 0.1) is 0 Å². The standard InChI is InChI=1S/C24H16BCl4.Na.H/c26-21-9-1-17(2-10-21)25(18-3-11-22(27)12-4-18,19-5-13-23(28)14-6-19)20-7-15-24(29)16-8-20;;/h1-16H;;/q-1;;. The van der Waals surface area contributed by atoms with Crippen molar-refractivity contribution in [3.8, 4) is 0 Å². The summed E-state index contributed by atoms with van der Waals surface area (Å²) in [6.45, 7) is 0. The summed E-state index contributed by atoms with van der Waals surface area (Å²) in [6.07, 6.45) is -1.51. The number of rotatable bonds is 4. The molecule has 146 valence electrons. The molecule has 0 fully saturated rings. The van der Waals surface area contributed by atoms with Crippen LogP contribution in [0.15, 0.2) is 97.1 Å². The van der Waals surface area contributed by atoms with E-state index in [1.54, 1.807) is 0 Å². The third-order valence-electron chi connectivity index (χ3n) is 5.48. The third kappa shape index (κ3) is 4.64. The van der Waals surface area contributed by atoms with Gasteiger partial charge in [0.2, 0.25) is 0 Å². The fourth-order valence-electron chi connectivity index (χ4n) is 4.16. The Hall–Kier alpha value is -0.895. The van der Waals surface area contributed by atoms with E-state index in [0.29, 0.717) is 20.1 Å². The molecule has 0 heterocycles. The van der Waals surface area contributed by atoms with Crippen LogP contribution in [-0.4, -0.2) is 35.7 Å². The number of hydrogen-bond donors (Lipinski definition) is 0. The Morgan fingerprint density at radius 3 is 0.667 bits per heavy atom. The van der Waals surface area contributed by atoms with E-state index < -0.39 is 6.15 Å². The van der Waals surface area contributed by atoms with Crippen molar-refractivity contribution in [3.05, 3.63) is 117 Å². The molecule has 0 aliphatic rings. The van der Waals surface area contributed by atoms with E-state index in [-0.39, 0.29) is 29.6 Å². The van der Waals surface area contributed by atoms with Crippen molar-refractivity contribution in [1.29, 1.82) is 0 Å². The van der Waals surface area contributed by atoms with Crippen molar-refractivity contribution in [2.75, 3.05) is 0 Å². The second-order valence-electron chi connectivity index (χ2n) is 7.07. The van der Waals surface area contributed by atoms with E-state index in [0.717, 1.165) is 21.9 Å². The fraction of sp³-hybridized carbons (Fsp3) is 0. The van der Waals surface area contributed by atoms with Crippen LogP contribution in [0, 0.1) is 0 Å². The summed E-state index contributed by atoms with van der Waals surface area (Å²) in [6, 6.07) is 32.1. The van der Waals surface area contributed by atoms with Gasteiger partial charge in [-0.15, -0.1) is 0 Å². The summed E-state index contributed by atoms with van der Waals surface area (Å²) >= 11 is 24.9. The third-order valence-corrected chi connectivity index (χ3v) is 6.49. The molecular weight excluding hydrogens is 464 g/mol. The molecule has 6 heteroatoms. The van der Waals surface area contributed by atoms with Crippen molar-refractivity contribution in [2.24, 2.45) is 0 Å². The van der Waals surface area contributed by atoms with Gasteiger partial charge in [-0.2, -0.15) is 21.9 Å². The van der Waals surface area contributed by atoms with Gasteiger partial charge in [0.15, 0.2) is 0 Å². The molecule has 0 saturated heterocycles. The van der Waals surface area contributed by atoms with Gasteiger partial charge >= 0.3 is 29.6 Å². The Morgan fingerprint density at radius 2 is 0.500 bits per heavy atom. The second-order valence-corrected chi connectivity index (χ2v) is 8.82. The Bertz CT molecular complexity index is 922. The summed E-state index contributed by atoms with van der Waals surface area (Å²) in [5, 5.41) is 2.78. The minimum atomic E-state index is -1.51. The minimum absolute atomic E-state index is 0. The van der Waals surface area contributed by atoms with Crippen molar-refractivity contribution < 1.29 is 0 Å². The van der Waals surface area contributed by atoms with E-state index >= 15 is 0 Å². The van der Waals surface area contributed by atoms with E-state index in [9.17, 15) is 0 Å². The average Bonchev–Trinajstić information content (AvgIpc) is 2.73. The second kappa shape index (κ2) is 10.1. The first kappa shape index (κ1) is 23.8. The van der Waals surface area contributed by atoms with Crippen LogP contribution in [0.4, 0.5) is 0 Å². The molecule has 0 aliphatic heterocycles. The Labute approximate surface area is 219 Å². The first-order valence-electron chi connectivity index (χ1n) is 9.20. The van der Waals surface area contributed by atoms with E-state index in [1.165, 1.54) is 0 Å². The van der Waals surface area contributed by atoms with Crippen molar-refractivity contribution in [3.63, 3.8) is 0 Å². The molecule has 0 amide bonds. The van der Waals surface area contributed by atoms with Crippen LogP contribution in [0.2, 0.25) is 20.1 Å². The number of hydrogen-bond acceptors (Lipinski definition) is 0. The first-order valence-corrected chi connectivity index (χ1v) is 10.7. The molecule has 0 aliphatic carbocycles. The van der Waals surface area contributed by atoms with Crippen molar-refractivity contribution in [1.82, 2.24) is 0 Å². The number of benzene rings is 4. The van der Waals surface area contributed by atoms with Crippen molar-refractivity contribution >= 4 is 104 Å². The number of halogens is 4. The molecule has 0 unspecified atom stereocenters. The predicted molar refractivity (Wildman–Crippen MR) is 137 cm³/mol. The molecular formula is C24H17BCl4Na-. The van der Waals surface area contributed by atoms with Gasteiger partial charge in [0.25, 0.3) is 0 Å². The topological polar surface area (TPSA) is 0 Å². The van der Waals surface area contributed by atoms with Gasteiger partial charge in [-0.1, -0.05) is 94.9 Å². The normalized spacial score (nSPS) is 11.1. The SMILES string of the molecule is Clc1ccc([B-](c2ccc(Cl)cc2)(c2ccc(Cl)cc2)c2ccc(Cl)cc2)cc1.[NaH]. The average molecular weight is 481 g/mol. The van der Waals surface area contributed by atoms with E-state index in [1.807, 2.05) is 48.5 Å². The Balaban J connectivity index is 0.00000256. The molecule has 4 aromatic carbocycles. The summed E-state index contributed by atoms with van der Waals surface area (Å²) in [4.78, 5) is 0. The molecule has 0 nitrogen and oxygen atoms in total. The molecule has 0 radical (unpaired) electrons. The molecule has 0 aromatic heterocycles. The Morgan fingerprint density at radius 1 is 0.333 bits per heavy atom. The van der Waals surface area contributed by atoms with Gasteiger partial charge in [0.1, 0.15) is 6.15 Å². The van der Waals surface area contributed by atoms with Gasteiger partial charge < -0.3 is 0 Å². The molecule has 0 spiro atoms. The van der Waals surface area contributed by atoms with Crippen LogP contribution in [-0.2, 0) is 0 Å². The maximum atomic E-state index is 6.22. The fourth-order valence-corrected chi connectivity index (χ4v) is 4.66. The quantitative estimate of drug-likeness (QED) is 0.359. The molecule has 4 aromatic rings. The molecule has 0 N–H and O–H groups in total. The van der Waals surface area contributed by atoms with Gasteiger partial charge in [-0.05, 0) is 48.5 Å². The van der Waals surface area contributed by atoms with Crippen LogP contribution >= 0.6 is 46.4 Å². The molecule has 0 bridgehead atoms. The van der Waals surface area contributed by atoms with Crippen LogP contribution in [0.5, 0.6) is 0 Å². The van der Waals surface area contributed by atoms with Crippen LogP contribution < -0.4 is 21.9 Å². The van der Waals surface area contributed by atoms with Crippen LogP contribution in [0.3, 0.4) is 0 Å². The van der Waals surface area contributed by atoms with Crippen LogP contribution in [0.1, 0.15) is 0 Å². The van der Waals surface area contributed by atoms with Gasteiger partial charge in [-0.3, -0.25) is 0 Å². The summed E-state index contributed by atoms with van der Waals surface area (Å²) in [7, 11) is 0. The van der Waals surface area contributed by atoms with E-state index in [4.69, 9.17) is 46.4 Å². The zero-order chi connectivity index (χ0) is 20.4. The zero-order valence-corrected chi connectivity index (χ0v) is 18.4. The first-order chi connectivity index (χ1) is 14.0. The summed E-state index contributed by atoms with van der Waals surface area (Å²) < 4.78 is 0. The molecule has 0 atom stereocenters. The van der Waals surface area contributed by atoms with E-state index in [2.05, 4.69) is 48.5 Å². The zero-order valence-electron chi connectivity index (χ0n) is 15.3. The summed E-state index contributed by atoms with van der Waals surface area (Å²) in [5.41, 5.74) is 4.56. The Kier molecular flexibility index (Phi) is 8.04. The molecule has 0 saturated carbocycles. The molecule has 30 heavy (non-hydrogen) atoms. The maximum absolute atomic E-state index is 6.22. The van der Waals surface area contributed by atoms with Gasteiger partial charge in [-0.25, -0.2) is 0 Å². The predicted octanol–water partition coefficient (Wildman–Crippen LogP) is 5.03. The summed E-state index contributed by atoms with van der Waals surface area (Å²) in [5.74, 6) is 0.